The molecule has 12 nitrogen and oxygen atoms in total. The maximum absolute atomic E-state index is 12.6. The van der Waals surface area contributed by atoms with Crippen LogP contribution in [0.25, 0.3) is 0 Å². The number of nitrogens with zero attached hydrogens (tertiary/aromatic N) is 2. The molecule has 0 fully saturated rings. The Hall–Kier alpha value is -4.48. The highest BCUT2D eigenvalue weighted by atomic mass is 16.6. The van der Waals surface area contributed by atoms with Crippen molar-refractivity contribution in [3.8, 4) is 0 Å². The molecule has 1 unspecified atom stereocenters. The number of rotatable bonds is 11. The topological polar surface area (TPSA) is 178 Å². The lowest BCUT2D eigenvalue weighted by Crippen LogP contribution is -2.36. The molecule has 0 aliphatic carbocycles. The van der Waals surface area contributed by atoms with Crippen LogP contribution in [0.5, 0.6) is 0 Å². The summed E-state index contributed by atoms with van der Waals surface area (Å²) >= 11 is 0. The molecule has 12 heteroatoms. The molecular weight excluding hydrogens is 444 g/mol. The van der Waals surface area contributed by atoms with Crippen molar-refractivity contribution in [2.75, 3.05) is 18.5 Å². The zero-order valence-corrected chi connectivity index (χ0v) is 18.5. The van der Waals surface area contributed by atoms with Crippen molar-refractivity contribution in [1.29, 1.82) is 0 Å². The van der Waals surface area contributed by atoms with Gasteiger partial charge in [0.2, 0.25) is 5.91 Å². The van der Waals surface area contributed by atoms with E-state index in [-0.39, 0.29) is 31.7 Å². The van der Waals surface area contributed by atoms with Gasteiger partial charge in [-0.2, -0.15) is 5.10 Å². The monoisotopic (exact) mass is 470 g/mol. The molecule has 0 saturated carbocycles. The molecule has 180 valence electrons. The third-order valence-electron chi connectivity index (χ3n) is 4.53. The fraction of sp³-hybridized carbons (Fsp3) is 0.273. The molecule has 3 amide bonds. The Bertz CT molecular complexity index is 1040. The number of carbonyl (C=O) groups excluding carboxylic acids is 3. The number of nitro benzene ring substituents is 1. The molecule has 2 rings (SSSR count). The number of non-ortho nitro benzene ring substituents is 1. The van der Waals surface area contributed by atoms with Crippen molar-refractivity contribution in [2.45, 2.75) is 25.8 Å². The van der Waals surface area contributed by atoms with E-state index in [1.807, 2.05) is 0 Å². The highest BCUT2D eigenvalue weighted by Gasteiger charge is 2.21. The zero-order chi connectivity index (χ0) is 24.9. The summed E-state index contributed by atoms with van der Waals surface area (Å²) in [6.45, 7) is 1.98. The molecule has 2 aromatic carbocycles. The van der Waals surface area contributed by atoms with E-state index in [9.17, 15) is 24.5 Å². The van der Waals surface area contributed by atoms with Crippen molar-refractivity contribution < 1.29 is 24.0 Å². The lowest BCUT2D eigenvalue weighted by atomic mass is 10.0. The van der Waals surface area contributed by atoms with Gasteiger partial charge in [-0.05, 0) is 30.2 Å². The maximum Gasteiger partial charge on any atom is 0.319 e. The van der Waals surface area contributed by atoms with Crippen LogP contribution >= 0.6 is 0 Å². The minimum absolute atomic E-state index is 0.000168. The lowest BCUT2D eigenvalue weighted by molar-refractivity contribution is -0.384. The van der Waals surface area contributed by atoms with Crippen molar-refractivity contribution >= 4 is 35.5 Å². The summed E-state index contributed by atoms with van der Waals surface area (Å²) in [7, 11) is 0. The first-order valence-electron chi connectivity index (χ1n) is 10.4. The molecule has 5 N–H and O–H groups in total. The summed E-state index contributed by atoms with van der Waals surface area (Å²) in [5, 5.41) is 22.5. The zero-order valence-electron chi connectivity index (χ0n) is 18.5. The molecule has 0 aromatic heterocycles. The Morgan fingerprint density at radius 1 is 1.21 bits per heavy atom. The number of anilines is 1. The summed E-state index contributed by atoms with van der Waals surface area (Å²) in [5.74, 6) is 4.21. The number of amides is 3. The number of esters is 1. The van der Waals surface area contributed by atoms with E-state index < -0.39 is 28.9 Å². The number of nitrogens with one attached hydrogen (secondary N) is 3. The molecule has 1 atom stereocenters. The maximum atomic E-state index is 12.6. The average molecular weight is 470 g/mol. The van der Waals surface area contributed by atoms with Crippen LogP contribution in [-0.4, -0.2) is 42.2 Å². The predicted octanol–water partition coefficient (Wildman–Crippen LogP) is 2.21. The van der Waals surface area contributed by atoms with Gasteiger partial charge in [-0.3, -0.25) is 19.7 Å². The van der Waals surface area contributed by atoms with Gasteiger partial charge in [0.15, 0.2) is 0 Å². The van der Waals surface area contributed by atoms with E-state index in [2.05, 4.69) is 21.1 Å². The standard InChI is InChI=1S/C22H26N6O6/c1-2-34-21(30)10-11-24-20(29)13-19(16-4-3-5-18(12-16)28(32)33)27-22(31)26-17-8-6-15(7-9-17)14-25-23/h3-9,12,14,19H,2,10-11,13,23H2,1H3,(H,24,29)(H2,26,27,31). The van der Waals surface area contributed by atoms with Crippen molar-refractivity contribution in [3.63, 3.8) is 0 Å². The third-order valence-corrected chi connectivity index (χ3v) is 4.53. The van der Waals surface area contributed by atoms with Crippen LogP contribution < -0.4 is 21.8 Å². The SMILES string of the molecule is CCOC(=O)CCNC(=O)CC(NC(=O)Nc1ccc(C=NN)cc1)c1cccc([N+](=O)[O-])c1. The molecule has 0 bridgehead atoms. The Morgan fingerprint density at radius 3 is 2.59 bits per heavy atom. The van der Waals surface area contributed by atoms with E-state index in [4.69, 9.17) is 10.6 Å². The van der Waals surface area contributed by atoms with Gasteiger partial charge in [0.05, 0.1) is 36.6 Å². The predicted molar refractivity (Wildman–Crippen MR) is 125 cm³/mol. The first kappa shape index (κ1) is 25.8. The number of urea groups is 1. The number of hydrogen-bond donors (Lipinski definition) is 4. The van der Waals surface area contributed by atoms with Crippen LogP contribution in [0.3, 0.4) is 0 Å². The van der Waals surface area contributed by atoms with Gasteiger partial charge in [0, 0.05) is 24.4 Å². The number of carbonyl (C=O) groups is 3. The number of hydrazone groups is 1. The first-order chi connectivity index (χ1) is 16.3. The number of hydrogen-bond acceptors (Lipinski definition) is 8. The molecule has 2 aromatic rings. The van der Waals surface area contributed by atoms with Crippen LogP contribution in [0.1, 0.15) is 36.9 Å². The second-order valence-electron chi connectivity index (χ2n) is 7.01. The van der Waals surface area contributed by atoms with Gasteiger partial charge in [-0.1, -0.05) is 24.3 Å². The van der Waals surface area contributed by atoms with E-state index in [1.54, 1.807) is 37.3 Å². The van der Waals surface area contributed by atoms with Gasteiger partial charge >= 0.3 is 12.0 Å². The second kappa shape index (κ2) is 13.2. The van der Waals surface area contributed by atoms with Crippen LogP contribution in [0.2, 0.25) is 0 Å². The molecule has 0 aliphatic heterocycles. The summed E-state index contributed by atoms with van der Waals surface area (Å²) < 4.78 is 4.81. The summed E-state index contributed by atoms with van der Waals surface area (Å²) in [6, 6.07) is 10.8. The number of nitrogens with two attached hydrogens (primary N) is 1. The Kier molecular flexibility index (Phi) is 9.97. The van der Waals surface area contributed by atoms with Crippen molar-refractivity contribution in [2.24, 2.45) is 10.9 Å². The third kappa shape index (κ3) is 8.57. The smallest absolute Gasteiger partial charge is 0.319 e. The minimum Gasteiger partial charge on any atom is -0.466 e. The quantitative estimate of drug-likeness (QED) is 0.128. The fourth-order valence-corrected chi connectivity index (χ4v) is 2.97. The van der Waals surface area contributed by atoms with Crippen LogP contribution in [0.4, 0.5) is 16.2 Å². The normalized spacial score (nSPS) is 11.4. The van der Waals surface area contributed by atoms with E-state index in [0.717, 1.165) is 5.56 Å². The molecule has 0 saturated heterocycles. The molecule has 34 heavy (non-hydrogen) atoms. The molecule has 0 spiro atoms. The molecular formula is C22H26N6O6. The van der Waals surface area contributed by atoms with Gasteiger partial charge < -0.3 is 26.5 Å². The highest BCUT2D eigenvalue weighted by Crippen LogP contribution is 2.22. The summed E-state index contributed by atoms with van der Waals surface area (Å²) in [5.41, 5.74) is 1.41. The Labute approximate surface area is 195 Å². The fourth-order valence-electron chi connectivity index (χ4n) is 2.97. The average Bonchev–Trinajstić information content (AvgIpc) is 2.80. The second-order valence-corrected chi connectivity index (χ2v) is 7.01. The van der Waals surface area contributed by atoms with Crippen LogP contribution in [-0.2, 0) is 14.3 Å². The lowest BCUT2D eigenvalue weighted by Gasteiger charge is -2.19. The van der Waals surface area contributed by atoms with E-state index in [0.29, 0.717) is 11.3 Å². The highest BCUT2D eigenvalue weighted by molar-refractivity contribution is 5.91. The van der Waals surface area contributed by atoms with Gasteiger partial charge in [0.1, 0.15) is 0 Å². The Morgan fingerprint density at radius 2 is 1.94 bits per heavy atom. The van der Waals surface area contributed by atoms with Gasteiger partial charge in [-0.15, -0.1) is 0 Å². The van der Waals surface area contributed by atoms with Gasteiger partial charge in [0.25, 0.3) is 5.69 Å². The molecule has 0 heterocycles. The first-order valence-corrected chi connectivity index (χ1v) is 10.4. The molecule has 0 radical (unpaired) electrons. The van der Waals surface area contributed by atoms with Crippen molar-refractivity contribution in [1.82, 2.24) is 10.6 Å². The number of ether oxygens (including phenoxy) is 1. The molecule has 0 aliphatic rings. The number of benzene rings is 2. The summed E-state index contributed by atoms with van der Waals surface area (Å²) in [6.07, 6.45) is 1.24. The van der Waals surface area contributed by atoms with E-state index in [1.165, 1.54) is 24.4 Å². The largest absolute Gasteiger partial charge is 0.466 e. The van der Waals surface area contributed by atoms with E-state index >= 15 is 0 Å². The van der Waals surface area contributed by atoms with Crippen LogP contribution in [0, 0.1) is 10.1 Å². The Balaban J connectivity index is 2.09. The van der Waals surface area contributed by atoms with Crippen molar-refractivity contribution in [3.05, 3.63) is 69.8 Å². The van der Waals surface area contributed by atoms with Gasteiger partial charge in [-0.25, -0.2) is 4.79 Å². The minimum atomic E-state index is -0.869. The summed E-state index contributed by atoms with van der Waals surface area (Å²) in [4.78, 5) is 47.0. The van der Waals surface area contributed by atoms with Crippen LogP contribution in [0.15, 0.2) is 53.6 Å². The number of nitro groups is 1.